The van der Waals surface area contributed by atoms with E-state index in [1.54, 1.807) is 0 Å². The quantitative estimate of drug-likeness (QED) is 0.0664. The molecule has 1 aromatic carbocycles. The molecular weight excluding hydrogens is 581 g/mol. The first-order chi connectivity index (χ1) is 23.8. The first-order valence-electron chi connectivity index (χ1n) is 21.9. The summed E-state index contributed by atoms with van der Waals surface area (Å²) in [5.74, 6) is 0.690. The Morgan fingerprint density at radius 1 is 0.458 bits per heavy atom. The minimum absolute atomic E-state index is 0.571. The van der Waals surface area contributed by atoms with Gasteiger partial charge in [0.05, 0.1) is 6.33 Å². The van der Waals surface area contributed by atoms with Crippen LogP contribution in [0, 0.1) is 5.92 Å². The molecule has 276 valence electrons. The third-order valence-corrected chi connectivity index (χ3v) is 11.1. The van der Waals surface area contributed by atoms with E-state index in [-0.39, 0.29) is 0 Å². The van der Waals surface area contributed by atoms with Gasteiger partial charge >= 0.3 is 0 Å². The summed E-state index contributed by atoms with van der Waals surface area (Å²) >= 11 is 0. The Morgan fingerprint density at radius 2 is 0.833 bits per heavy atom. The van der Waals surface area contributed by atoms with Crippen molar-refractivity contribution < 1.29 is 0 Å². The number of unbranched alkanes of at least 4 members (excludes halogenated alkanes) is 28. The molecule has 2 nitrogen and oxygen atoms in total. The average molecular weight is 663 g/mol. The summed E-state index contributed by atoms with van der Waals surface area (Å²) in [6.45, 7) is 4.62. The van der Waals surface area contributed by atoms with E-state index in [9.17, 15) is 0 Å². The maximum absolute atomic E-state index is 4.49. The third kappa shape index (κ3) is 23.7. The fourth-order valence-electron chi connectivity index (χ4n) is 7.94. The van der Waals surface area contributed by atoms with Crippen LogP contribution in [0.1, 0.15) is 231 Å². The Morgan fingerprint density at radius 3 is 1.21 bits per heavy atom. The molecule has 0 amide bonds. The van der Waals surface area contributed by atoms with Crippen molar-refractivity contribution in [1.82, 2.24) is 9.55 Å². The number of rotatable bonds is 36. The monoisotopic (exact) mass is 663 g/mol. The Bertz CT molecular complexity index is 875. The van der Waals surface area contributed by atoms with E-state index in [0.717, 1.165) is 0 Å². The van der Waals surface area contributed by atoms with E-state index in [4.69, 9.17) is 0 Å². The Kier molecular flexibility index (Phi) is 29.0. The maximum Gasteiger partial charge on any atom is 0.0948 e. The Hall–Kier alpha value is -1.57. The smallest absolute Gasteiger partial charge is 0.0948 e. The van der Waals surface area contributed by atoms with E-state index in [2.05, 4.69) is 66.3 Å². The minimum Gasteiger partial charge on any atom is -0.334 e. The fourth-order valence-corrected chi connectivity index (χ4v) is 7.94. The predicted molar refractivity (Wildman–Crippen MR) is 214 cm³/mol. The molecule has 0 aliphatic carbocycles. The van der Waals surface area contributed by atoms with Crippen molar-refractivity contribution in [2.75, 3.05) is 0 Å². The molecule has 2 atom stereocenters. The molecule has 2 heteroatoms. The van der Waals surface area contributed by atoms with Gasteiger partial charge in [0.2, 0.25) is 0 Å². The first-order valence-corrected chi connectivity index (χ1v) is 21.9. The summed E-state index contributed by atoms with van der Waals surface area (Å²) in [6, 6.07) is 11.9. The lowest BCUT2D eigenvalue weighted by Gasteiger charge is -2.29. The number of imidazole rings is 1. The molecule has 2 rings (SSSR count). The van der Waals surface area contributed by atoms with Crippen LogP contribution in [-0.2, 0) is 6.42 Å². The molecule has 0 radical (unpaired) electrons. The average Bonchev–Trinajstić information content (AvgIpc) is 3.65. The summed E-state index contributed by atoms with van der Waals surface area (Å²) in [5, 5.41) is 0. The summed E-state index contributed by atoms with van der Waals surface area (Å²) in [7, 11) is 0. The first kappa shape index (κ1) is 42.6. The zero-order valence-corrected chi connectivity index (χ0v) is 32.5. The van der Waals surface area contributed by atoms with Crippen LogP contribution in [0.15, 0.2) is 49.1 Å². The van der Waals surface area contributed by atoms with Crippen molar-refractivity contribution in [1.29, 1.82) is 0 Å². The molecule has 1 heterocycles. The summed E-state index contributed by atoms with van der Waals surface area (Å²) in [5.41, 5.74) is 1.50. The molecule has 0 fully saturated rings. The lowest BCUT2D eigenvalue weighted by molar-refractivity contribution is 0.275. The SMILES string of the molecule is CCCCCCCCCCCCCCCCCCC(C(CCCCCCCCCCCCCCCC)Cc1ccccc1)n1ccnc1. The molecule has 0 bridgehead atoms. The Labute approximate surface area is 301 Å². The minimum atomic E-state index is 0.571. The van der Waals surface area contributed by atoms with Crippen molar-refractivity contribution >= 4 is 0 Å². The summed E-state index contributed by atoms with van der Waals surface area (Å²) in [4.78, 5) is 4.49. The van der Waals surface area contributed by atoms with Crippen LogP contribution in [0.4, 0.5) is 0 Å². The van der Waals surface area contributed by atoms with E-state index < -0.39 is 0 Å². The van der Waals surface area contributed by atoms with Crippen molar-refractivity contribution in [2.24, 2.45) is 5.92 Å². The van der Waals surface area contributed by atoms with Gasteiger partial charge in [0.25, 0.3) is 0 Å². The van der Waals surface area contributed by atoms with Gasteiger partial charge in [-0.2, -0.15) is 0 Å². The zero-order valence-electron chi connectivity index (χ0n) is 32.5. The van der Waals surface area contributed by atoms with E-state index in [1.165, 1.54) is 217 Å². The van der Waals surface area contributed by atoms with Crippen molar-refractivity contribution in [2.45, 2.75) is 232 Å². The second kappa shape index (κ2) is 32.6. The molecular formula is C46H82N2. The standard InChI is InChI=1S/C46H82N2/c1-3-5-7-9-11-13-15-17-19-20-22-24-26-28-30-35-39-46(48-41-40-47-43-48)45(42-44-36-32-31-33-37-44)38-34-29-27-25-23-21-18-16-14-12-10-8-6-4-2/h31-33,36-37,40-41,43,45-46H,3-30,34-35,38-39,42H2,1-2H3. The normalized spacial score (nSPS) is 12.9. The number of hydrogen-bond donors (Lipinski definition) is 0. The molecule has 1 aromatic heterocycles. The number of aromatic nitrogens is 2. The van der Waals surface area contributed by atoms with Gasteiger partial charge in [0, 0.05) is 18.4 Å². The highest BCUT2D eigenvalue weighted by Crippen LogP contribution is 2.32. The second-order valence-corrected chi connectivity index (χ2v) is 15.5. The second-order valence-electron chi connectivity index (χ2n) is 15.5. The number of benzene rings is 1. The molecule has 2 aromatic rings. The van der Waals surface area contributed by atoms with Gasteiger partial charge in [-0.1, -0.05) is 237 Å². The van der Waals surface area contributed by atoms with Gasteiger partial charge in [-0.25, -0.2) is 4.98 Å². The zero-order chi connectivity index (χ0) is 34.0. The van der Waals surface area contributed by atoms with Crippen LogP contribution in [0.3, 0.4) is 0 Å². The van der Waals surface area contributed by atoms with Gasteiger partial charge < -0.3 is 4.57 Å². The molecule has 0 aliphatic heterocycles. The molecule has 0 aliphatic rings. The maximum atomic E-state index is 4.49. The van der Waals surface area contributed by atoms with Gasteiger partial charge in [0.15, 0.2) is 0 Å². The third-order valence-electron chi connectivity index (χ3n) is 11.1. The summed E-state index contributed by atoms with van der Waals surface area (Å²) in [6.07, 6.45) is 53.2. The lowest BCUT2D eigenvalue weighted by atomic mass is 9.84. The van der Waals surface area contributed by atoms with Crippen LogP contribution < -0.4 is 0 Å². The Balaban J connectivity index is 1.62. The topological polar surface area (TPSA) is 17.8 Å². The predicted octanol–water partition coefficient (Wildman–Crippen LogP) is 15.8. The fraction of sp³-hybridized carbons (Fsp3) is 0.804. The van der Waals surface area contributed by atoms with Gasteiger partial charge in [-0.3, -0.25) is 0 Å². The van der Waals surface area contributed by atoms with Gasteiger partial charge in [-0.05, 0) is 30.7 Å². The van der Waals surface area contributed by atoms with Crippen LogP contribution in [0.25, 0.3) is 0 Å². The van der Waals surface area contributed by atoms with E-state index in [0.29, 0.717) is 12.0 Å². The molecule has 48 heavy (non-hydrogen) atoms. The molecule has 0 saturated carbocycles. The number of hydrogen-bond acceptors (Lipinski definition) is 1. The van der Waals surface area contributed by atoms with Gasteiger partial charge in [-0.15, -0.1) is 0 Å². The van der Waals surface area contributed by atoms with E-state index >= 15 is 0 Å². The molecule has 0 saturated heterocycles. The summed E-state index contributed by atoms with van der Waals surface area (Å²) < 4.78 is 2.46. The van der Waals surface area contributed by atoms with Crippen LogP contribution in [0.2, 0.25) is 0 Å². The van der Waals surface area contributed by atoms with Crippen molar-refractivity contribution in [3.05, 3.63) is 54.6 Å². The van der Waals surface area contributed by atoms with Crippen LogP contribution in [0.5, 0.6) is 0 Å². The van der Waals surface area contributed by atoms with E-state index in [1.807, 2.05) is 6.20 Å². The van der Waals surface area contributed by atoms with Crippen molar-refractivity contribution in [3.8, 4) is 0 Å². The molecule has 2 unspecified atom stereocenters. The molecule has 0 N–H and O–H groups in total. The van der Waals surface area contributed by atoms with Crippen LogP contribution in [-0.4, -0.2) is 9.55 Å². The van der Waals surface area contributed by atoms with Crippen molar-refractivity contribution in [3.63, 3.8) is 0 Å². The largest absolute Gasteiger partial charge is 0.334 e. The molecule has 0 spiro atoms. The highest BCUT2D eigenvalue weighted by Gasteiger charge is 2.23. The van der Waals surface area contributed by atoms with Gasteiger partial charge in [0.1, 0.15) is 0 Å². The highest BCUT2D eigenvalue weighted by atomic mass is 15.1. The number of nitrogens with zero attached hydrogens (tertiary/aromatic N) is 2. The highest BCUT2D eigenvalue weighted by molar-refractivity contribution is 5.15. The lowest BCUT2D eigenvalue weighted by Crippen LogP contribution is -2.21. The van der Waals surface area contributed by atoms with Crippen LogP contribution >= 0.6 is 0 Å².